The van der Waals surface area contributed by atoms with Gasteiger partial charge in [-0.1, -0.05) is 23.2 Å². The van der Waals surface area contributed by atoms with Gasteiger partial charge in [-0.2, -0.15) is 5.10 Å². The lowest BCUT2D eigenvalue weighted by molar-refractivity contribution is -0.164. The van der Waals surface area contributed by atoms with Crippen molar-refractivity contribution in [1.29, 1.82) is 0 Å². The van der Waals surface area contributed by atoms with Crippen LogP contribution in [0.4, 0.5) is 0 Å². The molecule has 0 N–H and O–H groups in total. The maximum Gasteiger partial charge on any atom is 0.291 e. The fourth-order valence-electron chi connectivity index (χ4n) is 2.33. The predicted octanol–water partition coefficient (Wildman–Crippen LogP) is 2.50. The summed E-state index contributed by atoms with van der Waals surface area (Å²) < 4.78 is 22.8. The Bertz CT molecular complexity index is 777. The molecule has 0 spiro atoms. The zero-order valence-electron chi connectivity index (χ0n) is 14.2. The Hall–Kier alpha value is -1.48. The van der Waals surface area contributed by atoms with Crippen molar-refractivity contribution in [2.24, 2.45) is 0 Å². The number of nitrogens with zero attached hydrogens (tertiary/aromatic N) is 2. The largest absolute Gasteiger partial charge is 0.346 e. The molecule has 0 saturated carbocycles. The van der Waals surface area contributed by atoms with E-state index in [4.69, 9.17) is 42.1 Å². The third-order valence-corrected chi connectivity index (χ3v) is 4.58. The van der Waals surface area contributed by atoms with Crippen LogP contribution in [-0.2, 0) is 18.9 Å². The summed E-state index contributed by atoms with van der Waals surface area (Å²) in [6, 6.07) is 0. The zero-order valence-corrected chi connectivity index (χ0v) is 15.7. The highest BCUT2D eigenvalue weighted by Crippen LogP contribution is 2.34. The van der Waals surface area contributed by atoms with Crippen LogP contribution in [-0.4, -0.2) is 49.8 Å². The van der Waals surface area contributed by atoms with E-state index in [-0.39, 0.29) is 10.0 Å². The van der Waals surface area contributed by atoms with E-state index in [0.29, 0.717) is 5.57 Å². The van der Waals surface area contributed by atoms with E-state index in [1.54, 1.807) is 24.3 Å². The van der Waals surface area contributed by atoms with Gasteiger partial charge in [0.25, 0.3) is 5.56 Å². The Balaban J connectivity index is 2.50. The maximum absolute atomic E-state index is 12.1. The topological polar surface area (TPSA) is 71.8 Å². The minimum atomic E-state index is -1.17. The van der Waals surface area contributed by atoms with Gasteiger partial charge in [0, 0.05) is 40.2 Å². The molecule has 25 heavy (non-hydrogen) atoms. The summed E-state index contributed by atoms with van der Waals surface area (Å²) in [6.07, 6.45) is 9.27. The minimum Gasteiger partial charge on any atom is -0.346 e. The molecule has 1 aromatic heterocycles. The van der Waals surface area contributed by atoms with Crippen molar-refractivity contribution in [2.45, 2.75) is 11.6 Å². The highest BCUT2D eigenvalue weighted by Gasteiger charge is 2.39. The first kappa shape index (κ1) is 19.8. The summed E-state index contributed by atoms with van der Waals surface area (Å²) >= 11 is 11.6. The molecule has 0 bridgehead atoms. The normalized spacial score (nSPS) is 18.6. The number of aromatic nitrogens is 2. The number of ether oxygens (including phenoxy) is 4. The molecule has 7 nitrogen and oxygen atoms in total. The van der Waals surface area contributed by atoms with E-state index in [9.17, 15) is 4.79 Å². The molecule has 9 heteroatoms. The van der Waals surface area contributed by atoms with Crippen LogP contribution < -0.4 is 5.56 Å². The Morgan fingerprint density at radius 2 is 1.72 bits per heavy atom. The van der Waals surface area contributed by atoms with Crippen LogP contribution in [0.15, 0.2) is 40.9 Å². The molecule has 0 aliphatic heterocycles. The predicted molar refractivity (Wildman–Crippen MR) is 94.6 cm³/mol. The molecular formula is C16H18Cl2N2O5. The molecule has 0 unspecified atom stereocenters. The van der Waals surface area contributed by atoms with E-state index in [2.05, 4.69) is 5.10 Å². The van der Waals surface area contributed by atoms with Gasteiger partial charge >= 0.3 is 0 Å². The van der Waals surface area contributed by atoms with Gasteiger partial charge in [-0.3, -0.25) is 4.79 Å². The van der Waals surface area contributed by atoms with Crippen LogP contribution in [0, 0.1) is 0 Å². The lowest BCUT2D eigenvalue weighted by Crippen LogP contribution is -2.41. The SMILES string of the molecule is COC1(OC)C=CC(OC)(OC)C(C=Cn2ncc(Cl)c(Cl)c2=O)=C1. The molecule has 1 aliphatic carbocycles. The molecule has 1 aliphatic rings. The summed E-state index contributed by atoms with van der Waals surface area (Å²) in [4.78, 5) is 12.1. The Labute approximate surface area is 155 Å². The van der Waals surface area contributed by atoms with E-state index < -0.39 is 17.1 Å². The van der Waals surface area contributed by atoms with E-state index in [1.165, 1.54) is 40.8 Å². The minimum absolute atomic E-state index is 0.0806. The number of methoxy groups -OCH3 is 4. The van der Waals surface area contributed by atoms with Gasteiger partial charge in [-0.15, -0.1) is 0 Å². The summed E-state index contributed by atoms with van der Waals surface area (Å²) in [5, 5.41) is 3.87. The van der Waals surface area contributed by atoms with Crippen LogP contribution in [0.5, 0.6) is 0 Å². The molecule has 1 heterocycles. The van der Waals surface area contributed by atoms with Crippen molar-refractivity contribution >= 4 is 29.4 Å². The second-order valence-electron chi connectivity index (χ2n) is 5.01. The summed E-state index contributed by atoms with van der Waals surface area (Å²) in [5.74, 6) is -2.26. The molecule has 0 amide bonds. The Morgan fingerprint density at radius 3 is 2.28 bits per heavy atom. The highest BCUT2D eigenvalue weighted by atomic mass is 35.5. The smallest absolute Gasteiger partial charge is 0.291 e. The third-order valence-electron chi connectivity index (χ3n) is 3.83. The van der Waals surface area contributed by atoms with Gasteiger partial charge in [-0.25, -0.2) is 4.68 Å². The van der Waals surface area contributed by atoms with Gasteiger partial charge in [0.1, 0.15) is 5.02 Å². The number of halogens is 2. The Kier molecular flexibility index (Phi) is 6.21. The van der Waals surface area contributed by atoms with E-state index >= 15 is 0 Å². The van der Waals surface area contributed by atoms with Crippen molar-refractivity contribution < 1.29 is 18.9 Å². The summed E-state index contributed by atoms with van der Waals surface area (Å²) in [7, 11) is 5.99. The average molecular weight is 389 g/mol. The monoisotopic (exact) mass is 388 g/mol. The molecule has 0 saturated heterocycles. The van der Waals surface area contributed by atoms with Crippen LogP contribution in [0.25, 0.3) is 6.20 Å². The molecule has 1 aromatic rings. The molecule has 0 atom stereocenters. The fraction of sp³-hybridized carbons (Fsp3) is 0.375. The zero-order chi connectivity index (χ0) is 18.7. The van der Waals surface area contributed by atoms with Gasteiger partial charge in [-0.05, 0) is 24.3 Å². The van der Waals surface area contributed by atoms with Crippen molar-refractivity contribution in [2.75, 3.05) is 28.4 Å². The second-order valence-corrected chi connectivity index (χ2v) is 5.80. The summed E-state index contributed by atoms with van der Waals surface area (Å²) in [6.45, 7) is 0. The molecule has 136 valence electrons. The van der Waals surface area contributed by atoms with Crippen LogP contribution in [0.2, 0.25) is 10.0 Å². The van der Waals surface area contributed by atoms with Crippen molar-refractivity contribution in [3.8, 4) is 0 Å². The van der Waals surface area contributed by atoms with Gasteiger partial charge in [0.15, 0.2) is 0 Å². The van der Waals surface area contributed by atoms with Crippen LogP contribution in [0.3, 0.4) is 0 Å². The first-order chi connectivity index (χ1) is 11.9. The lowest BCUT2D eigenvalue weighted by atomic mass is 9.95. The summed E-state index contributed by atoms with van der Waals surface area (Å²) in [5.41, 5.74) is -0.0222. The molecular weight excluding hydrogens is 371 g/mol. The standard InChI is InChI=1S/C16H18Cl2N2O5/c1-22-15(23-2)6-7-16(24-3,25-4)11(9-15)5-8-20-14(21)13(18)12(17)10-19-20/h5-10H,1-4H3. The van der Waals surface area contributed by atoms with Gasteiger partial charge < -0.3 is 18.9 Å². The van der Waals surface area contributed by atoms with Crippen molar-refractivity contribution in [3.63, 3.8) is 0 Å². The van der Waals surface area contributed by atoms with Crippen LogP contribution >= 0.6 is 23.2 Å². The van der Waals surface area contributed by atoms with Crippen LogP contribution in [0.1, 0.15) is 0 Å². The average Bonchev–Trinajstić information content (AvgIpc) is 2.65. The highest BCUT2D eigenvalue weighted by molar-refractivity contribution is 6.41. The quantitative estimate of drug-likeness (QED) is 0.550. The van der Waals surface area contributed by atoms with Gasteiger partial charge in [0.05, 0.1) is 11.2 Å². The lowest BCUT2D eigenvalue weighted by Gasteiger charge is -2.36. The maximum atomic E-state index is 12.1. The van der Waals surface area contributed by atoms with E-state index in [1.807, 2.05) is 0 Å². The number of rotatable bonds is 6. The molecule has 0 radical (unpaired) electrons. The first-order valence-electron chi connectivity index (χ1n) is 7.12. The van der Waals surface area contributed by atoms with E-state index in [0.717, 1.165) is 4.68 Å². The fourth-order valence-corrected chi connectivity index (χ4v) is 2.59. The first-order valence-corrected chi connectivity index (χ1v) is 7.88. The second kappa shape index (κ2) is 7.82. The van der Waals surface area contributed by atoms with Crippen molar-refractivity contribution in [3.05, 3.63) is 56.5 Å². The molecule has 2 rings (SSSR count). The van der Waals surface area contributed by atoms with Crippen molar-refractivity contribution in [1.82, 2.24) is 9.78 Å². The number of hydrogen-bond acceptors (Lipinski definition) is 6. The molecule has 0 fully saturated rings. The third kappa shape index (κ3) is 3.72. The number of hydrogen-bond donors (Lipinski definition) is 0. The Morgan fingerprint density at radius 1 is 1.08 bits per heavy atom. The molecule has 0 aromatic carbocycles. The van der Waals surface area contributed by atoms with Gasteiger partial charge in [0.2, 0.25) is 11.6 Å².